The molecule has 1 aromatic heterocycles. The van der Waals surface area contributed by atoms with Gasteiger partial charge in [0, 0.05) is 11.4 Å². The number of carbonyl (C=O) groups excluding carboxylic acids is 1. The maximum Gasteiger partial charge on any atom is 0.252 e. The third-order valence-corrected chi connectivity index (χ3v) is 5.35. The molecule has 0 spiro atoms. The lowest BCUT2D eigenvalue weighted by molar-refractivity contribution is 0.0952. The second-order valence-corrected chi connectivity index (χ2v) is 8.34. The molecule has 1 aromatic carbocycles. The number of benzene rings is 1. The summed E-state index contributed by atoms with van der Waals surface area (Å²) in [7, 11) is 0. The molecular weight excluding hydrogens is 330 g/mol. The molecule has 1 saturated carbocycles. The van der Waals surface area contributed by atoms with Crippen LogP contribution in [0, 0.1) is 16.7 Å². The van der Waals surface area contributed by atoms with Crippen LogP contribution in [0.1, 0.15) is 49.9 Å². The molecule has 1 N–H and O–H groups in total. The summed E-state index contributed by atoms with van der Waals surface area (Å²) < 4.78 is 0. The summed E-state index contributed by atoms with van der Waals surface area (Å²) in [5.74, 6) is 0.883. The van der Waals surface area contributed by atoms with Crippen molar-refractivity contribution in [1.29, 1.82) is 5.26 Å². The van der Waals surface area contributed by atoms with Gasteiger partial charge < -0.3 is 5.32 Å². The van der Waals surface area contributed by atoms with Crippen molar-refractivity contribution in [3.05, 3.63) is 35.9 Å². The second-order valence-electron chi connectivity index (χ2n) is 7.22. The summed E-state index contributed by atoms with van der Waals surface area (Å²) in [4.78, 5) is 17.3. The Morgan fingerprint density at radius 1 is 1.40 bits per heavy atom. The normalized spacial score (nSPS) is 14.3. The first-order chi connectivity index (χ1) is 12.0. The predicted octanol–water partition coefficient (Wildman–Crippen LogP) is 4.55. The van der Waals surface area contributed by atoms with Gasteiger partial charge in [0.1, 0.15) is 0 Å². The van der Waals surface area contributed by atoms with Crippen LogP contribution in [-0.2, 0) is 0 Å². The molecule has 0 saturated heterocycles. The highest BCUT2D eigenvalue weighted by atomic mass is 32.2. The summed E-state index contributed by atoms with van der Waals surface area (Å²) in [5.41, 5.74) is 1.27. The molecule has 1 aliphatic carbocycles. The van der Waals surface area contributed by atoms with E-state index >= 15 is 0 Å². The van der Waals surface area contributed by atoms with Gasteiger partial charge >= 0.3 is 0 Å². The van der Waals surface area contributed by atoms with E-state index < -0.39 is 0 Å². The third kappa shape index (κ3) is 4.73. The van der Waals surface area contributed by atoms with E-state index in [1.165, 1.54) is 0 Å². The molecule has 1 amide bonds. The summed E-state index contributed by atoms with van der Waals surface area (Å²) in [5, 5.41) is 13.9. The lowest BCUT2D eigenvalue weighted by atomic mass is 9.90. The van der Waals surface area contributed by atoms with Crippen LogP contribution in [0.15, 0.2) is 35.4 Å². The number of thioether (sulfide) groups is 1. The minimum absolute atomic E-state index is 0.00596. The standard InChI is InChI=1S/C20H23N3OS/c1-20(2,13-21)10-5-11-25-18-12-16(19(24)22-14-8-9-14)15-6-3-4-7-17(15)23-18/h3-4,6-7,12,14H,5,8-11H2,1-2H3,(H,22,24). The van der Waals surface area contributed by atoms with Gasteiger partial charge in [0.05, 0.1) is 27.6 Å². The van der Waals surface area contributed by atoms with E-state index in [2.05, 4.69) is 16.4 Å². The highest BCUT2D eigenvalue weighted by Crippen LogP contribution is 2.28. The fraction of sp³-hybridized carbons (Fsp3) is 0.450. The summed E-state index contributed by atoms with van der Waals surface area (Å²) in [6, 6.07) is 12.4. The molecule has 0 unspecified atom stereocenters. The fourth-order valence-electron chi connectivity index (χ4n) is 2.65. The zero-order chi connectivity index (χ0) is 17.9. The average molecular weight is 353 g/mol. The van der Waals surface area contributed by atoms with Crippen molar-refractivity contribution in [2.75, 3.05) is 5.75 Å². The molecule has 130 valence electrons. The molecule has 0 aliphatic heterocycles. The van der Waals surface area contributed by atoms with Gasteiger partial charge in [-0.15, -0.1) is 11.8 Å². The molecule has 5 heteroatoms. The number of rotatable bonds is 7. The van der Waals surface area contributed by atoms with Gasteiger partial charge in [-0.05, 0) is 57.4 Å². The fourth-order valence-corrected chi connectivity index (χ4v) is 3.51. The molecule has 1 heterocycles. The number of fused-ring (bicyclic) bond motifs is 1. The predicted molar refractivity (Wildman–Crippen MR) is 102 cm³/mol. The van der Waals surface area contributed by atoms with Crippen LogP contribution >= 0.6 is 11.8 Å². The zero-order valence-electron chi connectivity index (χ0n) is 14.7. The van der Waals surface area contributed by atoms with Gasteiger partial charge in [-0.2, -0.15) is 5.26 Å². The molecule has 0 bridgehead atoms. The number of nitrogens with one attached hydrogen (secondary N) is 1. The quantitative estimate of drug-likeness (QED) is 0.586. The van der Waals surface area contributed by atoms with Crippen molar-refractivity contribution in [2.24, 2.45) is 5.41 Å². The number of pyridine rings is 1. The smallest absolute Gasteiger partial charge is 0.252 e. The van der Waals surface area contributed by atoms with Crippen LogP contribution < -0.4 is 5.32 Å². The zero-order valence-corrected chi connectivity index (χ0v) is 15.5. The first-order valence-corrected chi connectivity index (χ1v) is 9.72. The Morgan fingerprint density at radius 3 is 2.88 bits per heavy atom. The maximum absolute atomic E-state index is 12.6. The van der Waals surface area contributed by atoms with Crippen molar-refractivity contribution >= 4 is 28.6 Å². The summed E-state index contributed by atoms with van der Waals surface area (Å²) >= 11 is 1.65. The van der Waals surface area contributed by atoms with Gasteiger partial charge in [0.15, 0.2) is 0 Å². The Balaban J connectivity index is 1.74. The number of para-hydroxylation sites is 1. The van der Waals surface area contributed by atoms with E-state index in [9.17, 15) is 4.79 Å². The Kier molecular flexibility index (Phi) is 5.29. The van der Waals surface area contributed by atoms with Crippen molar-refractivity contribution in [3.63, 3.8) is 0 Å². The third-order valence-electron chi connectivity index (χ3n) is 4.35. The minimum atomic E-state index is -0.285. The van der Waals surface area contributed by atoms with E-state index in [4.69, 9.17) is 5.26 Å². The van der Waals surface area contributed by atoms with E-state index in [-0.39, 0.29) is 11.3 Å². The Labute approximate surface area is 153 Å². The van der Waals surface area contributed by atoms with Crippen LogP contribution in [0.3, 0.4) is 0 Å². The maximum atomic E-state index is 12.6. The number of hydrogen-bond acceptors (Lipinski definition) is 4. The second kappa shape index (κ2) is 7.45. The number of hydrogen-bond donors (Lipinski definition) is 1. The molecule has 0 radical (unpaired) electrons. The number of nitriles is 1. The average Bonchev–Trinajstić information content (AvgIpc) is 3.42. The van der Waals surface area contributed by atoms with E-state index in [0.717, 1.165) is 47.4 Å². The summed E-state index contributed by atoms with van der Waals surface area (Å²) in [6.07, 6.45) is 3.96. The number of amides is 1. The van der Waals surface area contributed by atoms with Gasteiger partial charge in [0.25, 0.3) is 5.91 Å². The highest BCUT2D eigenvalue weighted by molar-refractivity contribution is 7.99. The van der Waals surface area contributed by atoms with Gasteiger partial charge in [-0.3, -0.25) is 4.79 Å². The van der Waals surface area contributed by atoms with Crippen LogP contribution in [0.5, 0.6) is 0 Å². The van der Waals surface area contributed by atoms with Crippen LogP contribution in [0.25, 0.3) is 10.9 Å². The van der Waals surface area contributed by atoms with Gasteiger partial charge in [0.2, 0.25) is 0 Å². The lowest BCUT2D eigenvalue weighted by Gasteiger charge is -2.14. The van der Waals surface area contributed by atoms with Crippen LogP contribution in [-0.4, -0.2) is 22.7 Å². The first-order valence-electron chi connectivity index (χ1n) is 8.73. The van der Waals surface area contributed by atoms with Crippen LogP contribution in [0.4, 0.5) is 0 Å². The minimum Gasteiger partial charge on any atom is -0.349 e. The SMILES string of the molecule is CC(C)(C#N)CCCSc1cc(C(=O)NC2CC2)c2ccccc2n1. The van der Waals surface area contributed by atoms with Crippen molar-refractivity contribution in [1.82, 2.24) is 10.3 Å². The van der Waals surface area contributed by atoms with E-state index in [1.54, 1.807) is 11.8 Å². The van der Waals surface area contributed by atoms with Gasteiger partial charge in [-0.1, -0.05) is 18.2 Å². The van der Waals surface area contributed by atoms with Crippen LogP contribution in [0.2, 0.25) is 0 Å². The molecule has 1 aliphatic rings. The van der Waals surface area contributed by atoms with Crippen molar-refractivity contribution in [2.45, 2.75) is 50.6 Å². The molecule has 4 nitrogen and oxygen atoms in total. The number of aromatic nitrogens is 1. The summed E-state index contributed by atoms with van der Waals surface area (Å²) in [6.45, 7) is 3.93. The van der Waals surface area contributed by atoms with E-state index in [0.29, 0.717) is 11.6 Å². The lowest BCUT2D eigenvalue weighted by Crippen LogP contribution is -2.25. The molecule has 0 atom stereocenters. The Bertz CT molecular complexity index is 821. The van der Waals surface area contributed by atoms with Crippen molar-refractivity contribution < 1.29 is 4.79 Å². The largest absolute Gasteiger partial charge is 0.349 e. The number of carbonyl (C=O) groups is 1. The molecule has 2 aromatic rings. The first kappa shape index (κ1) is 17.8. The molecule has 1 fully saturated rings. The highest BCUT2D eigenvalue weighted by Gasteiger charge is 2.25. The molecular formula is C20H23N3OS. The van der Waals surface area contributed by atoms with E-state index in [1.807, 2.05) is 44.2 Å². The molecule has 3 rings (SSSR count). The molecule has 25 heavy (non-hydrogen) atoms. The Morgan fingerprint density at radius 2 is 2.16 bits per heavy atom. The Hall–Kier alpha value is -2.06. The van der Waals surface area contributed by atoms with Gasteiger partial charge in [-0.25, -0.2) is 4.98 Å². The topological polar surface area (TPSA) is 65.8 Å². The van der Waals surface area contributed by atoms with Crippen molar-refractivity contribution in [3.8, 4) is 6.07 Å². The number of nitrogens with zero attached hydrogens (tertiary/aromatic N) is 2. The monoisotopic (exact) mass is 353 g/mol.